The Balaban J connectivity index is 1.91. The number of thioether (sulfide) groups is 1. The second-order valence-corrected chi connectivity index (χ2v) is 5.78. The van der Waals surface area contributed by atoms with Gasteiger partial charge in [0.25, 0.3) is 5.22 Å². The molecule has 0 amide bonds. The molecule has 0 saturated heterocycles. The third kappa shape index (κ3) is 3.01. The summed E-state index contributed by atoms with van der Waals surface area (Å²) in [5.74, 6) is 0.845. The van der Waals surface area contributed by atoms with Crippen LogP contribution in [0.15, 0.2) is 22.1 Å². The SMILES string of the molecule is CCCC1CCC(N)C(Sc2ncco2)C1. The molecule has 1 heterocycles. The average Bonchev–Trinajstić information content (AvgIpc) is 2.76. The summed E-state index contributed by atoms with van der Waals surface area (Å²) in [5, 5.41) is 1.24. The summed E-state index contributed by atoms with van der Waals surface area (Å²) in [6.45, 7) is 2.25. The Labute approximate surface area is 101 Å². The van der Waals surface area contributed by atoms with Crippen molar-refractivity contribution in [3.63, 3.8) is 0 Å². The van der Waals surface area contributed by atoms with E-state index >= 15 is 0 Å². The predicted octanol–water partition coefficient (Wildman–Crippen LogP) is 3.06. The molecule has 16 heavy (non-hydrogen) atoms. The second kappa shape index (κ2) is 5.73. The van der Waals surface area contributed by atoms with Gasteiger partial charge in [0.2, 0.25) is 0 Å². The minimum Gasteiger partial charge on any atom is -0.440 e. The molecule has 3 nitrogen and oxygen atoms in total. The standard InChI is InChI=1S/C12H20N2OS/c1-2-3-9-4-5-10(13)11(8-9)16-12-14-6-7-15-12/h6-7,9-11H,2-5,8,13H2,1H3. The molecular formula is C12H20N2OS. The van der Waals surface area contributed by atoms with Gasteiger partial charge in [-0.05, 0) is 25.2 Å². The van der Waals surface area contributed by atoms with E-state index in [1.807, 2.05) is 0 Å². The number of nitrogens with zero attached hydrogens (tertiary/aromatic N) is 1. The van der Waals surface area contributed by atoms with Crippen molar-refractivity contribution < 1.29 is 4.42 Å². The van der Waals surface area contributed by atoms with Crippen molar-refractivity contribution in [2.24, 2.45) is 11.7 Å². The van der Waals surface area contributed by atoms with Gasteiger partial charge < -0.3 is 10.2 Å². The van der Waals surface area contributed by atoms with Crippen LogP contribution >= 0.6 is 11.8 Å². The third-order valence-corrected chi connectivity index (χ3v) is 4.56. The Morgan fingerprint density at radius 1 is 1.56 bits per heavy atom. The first-order valence-corrected chi connectivity index (χ1v) is 6.99. The highest BCUT2D eigenvalue weighted by molar-refractivity contribution is 7.99. The van der Waals surface area contributed by atoms with E-state index in [0.29, 0.717) is 11.3 Å². The zero-order chi connectivity index (χ0) is 11.4. The van der Waals surface area contributed by atoms with Gasteiger partial charge in [0.15, 0.2) is 0 Å². The molecule has 3 atom stereocenters. The molecule has 1 saturated carbocycles. The first-order chi connectivity index (χ1) is 7.79. The Morgan fingerprint density at radius 2 is 2.44 bits per heavy atom. The van der Waals surface area contributed by atoms with E-state index in [0.717, 1.165) is 17.6 Å². The van der Waals surface area contributed by atoms with E-state index < -0.39 is 0 Å². The lowest BCUT2D eigenvalue weighted by atomic mass is 9.83. The molecule has 1 aromatic heterocycles. The van der Waals surface area contributed by atoms with Crippen molar-refractivity contribution >= 4 is 11.8 Å². The maximum Gasteiger partial charge on any atom is 0.255 e. The van der Waals surface area contributed by atoms with Crippen molar-refractivity contribution in [3.05, 3.63) is 12.5 Å². The lowest BCUT2D eigenvalue weighted by Gasteiger charge is -2.32. The molecule has 1 aromatic rings. The third-order valence-electron chi connectivity index (χ3n) is 3.31. The number of hydrogen-bond acceptors (Lipinski definition) is 4. The zero-order valence-corrected chi connectivity index (χ0v) is 10.6. The predicted molar refractivity (Wildman–Crippen MR) is 66.4 cm³/mol. The highest BCUT2D eigenvalue weighted by Crippen LogP contribution is 2.36. The number of aromatic nitrogens is 1. The van der Waals surface area contributed by atoms with Gasteiger partial charge in [-0.2, -0.15) is 0 Å². The summed E-state index contributed by atoms with van der Waals surface area (Å²) in [4.78, 5) is 4.16. The van der Waals surface area contributed by atoms with Crippen LogP contribution in [0.3, 0.4) is 0 Å². The highest BCUT2D eigenvalue weighted by Gasteiger charge is 2.29. The molecule has 2 rings (SSSR count). The Hall–Kier alpha value is -0.480. The maximum atomic E-state index is 6.16. The van der Waals surface area contributed by atoms with E-state index in [1.165, 1.54) is 25.7 Å². The minimum absolute atomic E-state index is 0.296. The van der Waals surface area contributed by atoms with Crippen LogP contribution in [0.25, 0.3) is 0 Å². The molecule has 3 unspecified atom stereocenters. The molecule has 4 heteroatoms. The molecule has 2 N–H and O–H groups in total. The molecule has 0 spiro atoms. The number of nitrogens with two attached hydrogens (primary N) is 1. The largest absolute Gasteiger partial charge is 0.440 e. The van der Waals surface area contributed by atoms with Crippen LogP contribution in [0.4, 0.5) is 0 Å². The first-order valence-electron chi connectivity index (χ1n) is 6.11. The summed E-state index contributed by atoms with van der Waals surface area (Å²) in [6.07, 6.45) is 9.56. The second-order valence-electron chi connectivity index (χ2n) is 4.59. The van der Waals surface area contributed by atoms with E-state index in [9.17, 15) is 0 Å². The molecule has 1 fully saturated rings. The minimum atomic E-state index is 0.296. The number of oxazole rings is 1. The topological polar surface area (TPSA) is 52.0 Å². The van der Waals surface area contributed by atoms with Crippen LogP contribution in [-0.2, 0) is 0 Å². The Kier molecular flexibility index (Phi) is 4.29. The molecule has 0 aliphatic heterocycles. The van der Waals surface area contributed by atoms with Crippen LogP contribution in [0.5, 0.6) is 0 Å². The fourth-order valence-electron chi connectivity index (χ4n) is 2.44. The van der Waals surface area contributed by atoms with Gasteiger partial charge in [-0.1, -0.05) is 31.5 Å². The van der Waals surface area contributed by atoms with Gasteiger partial charge in [0, 0.05) is 11.3 Å². The monoisotopic (exact) mass is 240 g/mol. The van der Waals surface area contributed by atoms with Crippen LogP contribution in [0.2, 0.25) is 0 Å². The van der Waals surface area contributed by atoms with Gasteiger partial charge in [0.1, 0.15) is 6.26 Å². The molecule has 1 aliphatic rings. The molecule has 90 valence electrons. The lowest BCUT2D eigenvalue weighted by Crippen LogP contribution is -2.38. The summed E-state index contributed by atoms with van der Waals surface area (Å²) in [7, 11) is 0. The van der Waals surface area contributed by atoms with Gasteiger partial charge >= 0.3 is 0 Å². The normalized spacial score (nSPS) is 30.5. The fraction of sp³-hybridized carbons (Fsp3) is 0.750. The smallest absolute Gasteiger partial charge is 0.255 e. The van der Waals surface area contributed by atoms with E-state index in [1.54, 1.807) is 24.2 Å². The van der Waals surface area contributed by atoms with Crippen LogP contribution in [0, 0.1) is 5.92 Å². The molecule has 0 bridgehead atoms. The molecule has 0 radical (unpaired) electrons. The highest BCUT2D eigenvalue weighted by atomic mass is 32.2. The Bertz CT molecular complexity index is 302. The van der Waals surface area contributed by atoms with E-state index in [-0.39, 0.29) is 0 Å². The summed E-state index contributed by atoms with van der Waals surface area (Å²) in [5.41, 5.74) is 6.16. The number of hydrogen-bond donors (Lipinski definition) is 1. The van der Waals surface area contributed by atoms with E-state index in [4.69, 9.17) is 10.2 Å². The summed E-state index contributed by atoms with van der Waals surface area (Å²) in [6, 6.07) is 0.296. The zero-order valence-electron chi connectivity index (χ0n) is 9.76. The van der Waals surface area contributed by atoms with Crippen molar-refractivity contribution in [3.8, 4) is 0 Å². The van der Waals surface area contributed by atoms with Gasteiger partial charge in [0.05, 0.1) is 6.20 Å². The van der Waals surface area contributed by atoms with Crippen LogP contribution in [-0.4, -0.2) is 16.3 Å². The summed E-state index contributed by atoms with van der Waals surface area (Å²) >= 11 is 1.71. The summed E-state index contributed by atoms with van der Waals surface area (Å²) < 4.78 is 5.28. The maximum absolute atomic E-state index is 6.16. The molecule has 0 aromatic carbocycles. The number of rotatable bonds is 4. The molecule has 1 aliphatic carbocycles. The first kappa shape index (κ1) is 12.0. The van der Waals surface area contributed by atoms with Gasteiger partial charge in [-0.3, -0.25) is 0 Å². The van der Waals surface area contributed by atoms with Crippen molar-refractivity contribution in [2.45, 2.75) is 55.5 Å². The van der Waals surface area contributed by atoms with Gasteiger partial charge in [-0.25, -0.2) is 4.98 Å². The van der Waals surface area contributed by atoms with Crippen LogP contribution in [0.1, 0.15) is 39.0 Å². The van der Waals surface area contributed by atoms with Crippen molar-refractivity contribution in [1.29, 1.82) is 0 Å². The van der Waals surface area contributed by atoms with E-state index in [2.05, 4.69) is 11.9 Å². The van der Waals surface area contributed by atoms with Crippen LogP contribution < -0.4 is 5.73 Å². The van der Waals surface area contributed by atoms with Gasteiger partial charge in [-0.15, -0.1) is 0 Å². The average molecular weight is 240 g/mol. The molecular weight excluding hydrogens is 220 g/mol. The quantitative estimate of drug-likeness (QED) is 0.878. The lowest BCUT2D eigenvalue weighted by molar-refractivity contribution is 0.315. The fourth-order valence-corrected chi connectivity index (χ4v) is 3.61. The van der Waals surface area contributed by atoms with Crippen molar-refractivity contribution in [1.82, 2.24) is 4.98 Å². The Morgan fingerprint density at radius 3 is 3.12 bits per heavy atom. The van der Waals surface area contributed by atoms with Crippen molar-refractivity contribution in [2.75, 3.05) is 0 Å².